The summed E-state index contributed by atoms with van der Waals surface area (Å²) in [5, 5.41) is 73.5. The van der Waals surface area contributed by atoms with E-state index in [0.29, 0.717) is 110 Å². The van der Waals surface area contributed by atoms with Crippen LogP contribution in [0, 0.1) is 162 Å². The Bertz CT molecular complexity index is 3490. The van der Waals surface area contributed by atoms with E-state index >= 15 is 0 Å². The molecule has 0 spiro atoms. The Morgan fingerprint density at radius 1 is 0.395 bits per heavy atom. The van der Waals surface area contributed by atoms with Crippen LogP contribution in [-0.2, 0) is 23.7 Å². The zero-order valence-corrected chi connectivity index (χ0v) is 76.8. The molecule has 0 aromatic rings. The number of methoxy groups -OCH3 is 4. The molecule has 12 nitrogen and oxygen atoms in total. The second-order valence-electron chi connectivity index (χ2n) is 45.3. The van der Waals surface area contributed by atoms with Gasteiger partial charge in [-0.25, -0.2) is 0 Å². The number of alkyl halides is 6. The molecule has 16 aliphatic carbocycles. The van der Waals surface area contributed by atoms with Gasteiger partial charge in [0, 0.05) is 59.4 Å². The fourth-order valence-corrected chi connectivity index (χ4v) is 33.4. The van der Waals surface area contributed by atoms with Crippen LogP contribution < -0.4 is 0 Å². The zero-order chi connectivity index (χ0) is 87.2. The number of hydrogen-bond acceptors (Lipinski definition) is 13. The summed E-state index contributed by atoms with van der Waals surface area (Å²) in [6.45, 7) is 28.6. The number of carbonyl (C=O) groups is 1. The maximum atomic E-state index is 13.2. The molecule has 1 unspecified atom stereocenters. The van der Waals surface area contributed by atoms with E-state index in [1.807, 2.05) is 0 Å². The quantitative estimate of drug-likeness (QED) is 0.0439. The third kappa shape index (κ3) is 17.5. The Balaban J connectivity index is 0.000000144. The lowest BCUT2D eigenvalue weighted by Crippen LogP contribution is -2.53. The molecule has 682 valence electrons. The Morgan fingerprint density at radius 3 is 0.866 bits per heavy atom. The summed E-state index contributed by atoms with van der Waals surface area (Å²) in [7, 11) is 6.65. The number of aliphatic hydroxyl groups excluding tert-OH is 3. The van der Waals surface area contributed by atoms with Crippen LogP contribution in [0.1, 0.15) is 289 Å². The van der Waals surface area contributed by atoms with Crippen molar-refractivity contribution >= 4 is 18.4 Å². The first-order valence-corrected chi connectivity index (χ1v) is 48.1. The largest absolute Gasteiger partial charge is 0.414 e. The molecule has 0 bridgehead atoms. The standard InChI is InChI=1S/2C25H39F3O3.C24H40O3.C24H38O3.CH3FS/c2*1-15(21(29)25(26,27)28)18-7-8-19-17-6-5-16-13-24(30,14-31-4)12-11-22(16,2)20(17)9-10-23(18,19)3;2*1-16(14-25)19-7-8-20-18-6-5-17-13-24(26,15-27-4)12-11-22(17,2)21(18)9-10-23(19,20)3;1-3-2/h2*5,15,17-21,29-30H,6-14H2,1-4H3;5,16,18-21,25-26H,6-15H2,1-4H3;5,14,16,18-21,26H,6-13,15H2,1-4H3;1H3/t15-,17-,18+,19-,20-,21+,22-,23+,24-;15-,17-,18+,19-,20-,21-,22-,23+,24-;16-,18+,19-,20+,21+,22+,23-,24?;16-,18+,19-,20+,21+,22+,23-,24+;/m0011./s1. The van der Waals surface area contributed by atoms with Crippen molar-refractivity contribution in [2.24, 2.45) is 162 Å². The molecule has 119 heavy (non-hydrogen) atoms. The first-order chi connectivity index (χ1) is 55.7. The lowest BCUT2D eigenvalue weighted by atomic mass is 9.46. The number of carbonyl (C=O) groups excluding carboxylic acids is 1. The van der Waals surface area contributed by atoms with Gasteiger partial charge in [0.2, 0.25) is 0 Å². The second-order valence-corrected chi connectivity index (χ2v) is 45.6. The van der Waals surface area contributed by atoms with Gasteiger partial charge >= 0.3 is 12.4 Å². The van der Waals surface area contributed by atoms with Crippen molar-refractivity contribution in [1.29, 1.82) is 0 Å². The van der Waals surface area contributed by atoms with Gasteiger partial charge in [-0.15, -0.1) is 0 Å². The van der Waals surface area contributed by atoms with Crippen LogP contribution in [0.2, 0.25) is 0 Å². The number of halogens is 7. The fraction of sp³-hybridized carbons (Fsp3) is 0.909. The molecule has 0 saturated heterocycles. The SMILES string of the molecule is COCC1(O)CC[C@@]2(C)C(=CC[C@H]3[C@@H]4CC[C@H]([C@H](C)CO)[C@@]4(C)CC[C@@H]32)C1.COC[C@]1(O)CC[C@@]2(C)C(=CC[C@H]3[C@@H]4CC[C@H]([C@H](C)C=O)[C@@]4(C)CC[C@@H]32)C1.COC[C@]1(O)CC[C@@]2(C)C(=CC[C@H]3[C@@H]4CC[C@H]([C@H](C)[C@@H](O)C(F)(F)F)[C@@]4(C)CC[C@@H]32)C1.COC[C@]1(O)CC[C@@]2(C)C(=CC[C@H]3[C@@H]4CC[C@H]([C@H](C)[C@H](O)C(F)(F)F)[C@@]4(C)CC[C@@H]32)C1.CSF. The summed E-state index contributed by atoms with van der Waals surface area (Å²) in [5.41, 5.74) is 3.96. The van der Waals surface area contributed by atoms with E-state index < -0.39 is 58.8 Å². The van der Waals surface area contributed by atoms with E-state index in [1.54, 1.807) is 42.3 Å². The minimum Gasteiger partial charge on any atom is -0.396 e. The van der Waals surface area contributed by atoms with E-state index in [2.05, 4.69) is 93.5 Å². The van der Waals surface area contributed by atoms with Crippen molar-refractivity contribution in [2.75, 3.05) is 67.7 Å². The molecule has 12 saturated carbocycles. The van der Waals surface area contributed by atoms with Crippen LogP contribution in [0.5, 0.6) is 0 Å². The Hall–Kier alpha value is -1.95. The van der Waals surface area contributed by atoms with Crippen molar-refractivity contribution in [1.82, 2.24) is 0 Å². The maximum Gasteiger partial charge on any atom is 0.414 e. The number of rotatable bonds is 16. The van der Waals surface area contributed by atoms with Crippen LogP contribution in [-0.4, -0.2) is 157 Å². The minimum absolute atomic E-state index is 0.0689. The first-order valence-electron chi connectivity index (χ1n) is 47.0. The summed E-state index contributed by atoms with van der Waals surface area (Å²) in [6, 6.07) is 0. The number of ether oxygens (including phenoxy) is 4. The van der Waals surface area contributed by atoms with Crippen molar-refractivity contribution in [3.63, 3.8) is 0 Å². The summed E-state index contributed by atoms with van der Waals surface area (Å²) in [5.74, 6) is 7.65. The number of hydrogen-bond donors (Lipinski definition) is 7. The second kappa shape index (κ2) is 35.8. The van der Waals surface area contributed by atoms with Crippen LogP contribution in [0.25, 0.3) is 0 Å². The molecule has 0 radical (unpaired) electrons. The fourth-order valence-electron chi connectivity index (χ4n) is 33.4. The smallest absolute Gasteiger partial charge is 0.396 e. The van der Waals surface area contributed by atoms with Crippen LogP contribution in [0.3, 0.4) is 0 Å². The summed E-state index contributed by atoms with van der Waals surface area (Å²) in [4.78, 5) is 11.5. The molecular formula is C99H159F7O12S. The molecule has 0 aromatic carbocycles. The normalized spacial score (nSPS) is 47.5. The van der Waals surface area contributed by atoms with E-state index in [4.69, 9.17) is 18.9 Å². The van der Waals surface area contributed by atoms with Gasteiger partial charge in [0.1, 0.15) is 6.29 Å². The molecule has 16 rings (SSSR count). The van der Waals surface area contributed by atoms with Gasteiger partial charge in [-0.1, -0.05) is 130 Å². The molecular weight excluding hydrogens is 1550 g/mol. The third-order valence-electron chi connectivity index (χ3n) is 39.7. The van der Waals surface area contributed by atoms with Gasteiger partial charge < -0.3 is 59.5 Å². The van der Waals surface area contributed by atoms with Gasteiger partial charge in [0.05, 0.1) is 48.8 Å². The average molecular weight is 1710 g/mol. The molecule has 7 N–H and O–H groups in total. The highest BCUT2D eigenvalue weighted by Gasteiger charge is 2.67. The molecule has 0 amide bonds. The van der Waals surface area contributed by atoms with E-state index in [9.17, 15) is 70.8 Å². The highest BCUT2D eigenvalue weighted by molar-refractivity contribution is 7.93. The number of aliphatic hydroxyl groups is 7. The number of fused-ring (bicyclic) bond motifs is 20. The molecule has 12 fully saturated rings. The van der Waals surface area contributed by atoms with Crippen LogP contribution >= 0.6 is 12.1 Å². The van der Waals surface area contributed by atoms with E-state index in [0.717, 1.165) is 164 Å². The topological polar surface area (TPSA) is 196 Å². The molecule has 0 aromatic heterocycles. The predicted molar refractivity (Wildman–Crippen MR) is 457 cm³/mol. The van der Waals surface area contributed by atoms with E-state index in [1.165, 1.54) is 99.0 Å². The molecule has 20 heteroatoms. The highest BCUT2D eigenvalue weighted by atomic mass is 32.2. The van der Waals surface area contributed by atoms with Gasteiger partial charge in [0.15, 0.2) is 12.2 Å². The molecule has 16 aliphatic rings. The predicted octanol–water partition coefficient (Wildman–Crippen LogP) is 21.6. The molecule has 0 heterocycles. The molecule has 0 aliphatic heterocycles. The van der Waals surface area contributed by atoms with Crippen molar-refractivity contribution in [3.05, 3.63) is 46.6 Å². The van der Waals surface area contributed by atoms with Gasteiger partial charge in [-0.3, -0.25) is 0 Å². The first kappa shape index (κ1) is 96.1. The van der Waals surface area contributed by atoms with Crippen molar-refractivity contribution < 1.29 is 89.7 Å². The average Bonchev–Trinajstić information content (AvgIpc) is 1.70. The van der Waals surface area contributed by atoms with E-state index in [-0.39, 0.29) is 62.4 Å². The lowest BCUT2D eigenvalue weighted by molar-refractivity contribution is -0.227. The number of aldehydes is 1. The van der Waals surface area contributed by atoms with Gasteiger partial charge in [-0.2, -0.15) is 30.2 Å². The third-order valence-corrected chi connectivity index (χ3v) is 39.7. The van der Waals surface area contributed by atoms with Gasteiger partial charge in [0.25, 0.3) is 0 Å². The van der Waals surface area contributed by atoms with Gasteiger partial charge in [-0.05, 0) is 361 Å². The lowest BCUT2D eigenvalue weighted by Gasteiger charge is -2.59. The summed E-state index contributed by atoms with van der Waals surface area (Å²) in [6.07, 6.45) is 30.9. The Labute approximate surface area is 715 Å². The Kier molecular flexibility index (Phi) is 28.9. The number of allylic oxidation sites excluding steroid dienone is 4. The van der Waals surface area contributed by atoms with Crippen molar-refractivity contribution in [2.45, 2.75) is 336 Å². The van der Waals surface area contributed by atoms with Crippen LogP contribution in [0.4, 0.5) is 30.2 Å². The molecule has 34 atom stereocenters. The summed E-state index contributed by atoms with van der Waals surface area (Å²) >= 11 is 0.250. The van der Waals surface area contributed by atoms with Crippen LogP contribution in [0.15, 0.2) is 46.6 Å². The monoisotopic (exact) mass is 1710 g/mol. The summed E-state index contributed by atoms with van der Waals surface area (Å²) < 4.78 is 111. The zero-order valence-electron chi connectivity index (χ0n) is 76.0. The maximum absolute atomic E-state index is 13.2. The Morgan fingerprint density at radius 2 is 0.630 bits per heavy atom. The minimum atomic E-state index is -4.55. The highest BCUT2D eigenvalue weighted by Crippen LogP contribution is 2.74. The van der Waals surface area contributed by atoms with Crippen molar-refractivity contribution in [3.8, 4) is 0 Å².